The third-order valence-corrected chi connectivity index (χ3v) is 5.28. The van der Waals surface area contributed by atoms with Gasteiger partial charge in [0.1, 0.15) is 5.75 Å². The van der Waals surface area contributed by atoms with Gasteiger partial charge in [-0.05, 0) is 30.5 Å². The van der Waals surface area contributed by atoms with Gasteiger partial charge in [-0.2, -0.15) is 0 Å². The molecule has 1 saturated heterocycles. The average Bonchev–Trinajstić information content (AvgIpc) is 2.84. The van der Waals surface area contributed by atoms with Crippen LogP contribution in [0.3, 0.4) is 0 Å². The van der Waals surface area contributed by atoms with Crippen molar-refractivity contribution in [2.24, 2.45) is 0 Å². The number of nitrogens with one attached hydrogen (secondary N) is 2. The first-order chi connectivity index (χ1) is 11.5. The number of ether oxygens (including phenoxy) is 1. The monoisotopic (exact) mass is 331 g/mol. The highest BCUT2D eigenvalue weighted by molar-refractivity contribution is 5.81. The number of likely N-dealkylation sites (N-methyl/N-ethyl adjacent to an activating group) is 1. The Morgan fingerprint density at radius 2 is 2.04 bits per heavy atom. The normalized spacial score (nSPS) is 22.0. The Hall–Kier alpha value is -2.24. The molecule has 3 rings (SSSR count). The predicted molar refractivity (Wildman–Crippen MR) is 91.1 cm³/mol. The van der Waals surface area contributed by atoms with Gasteiger partial charge in [0, 0.05) is 32.0 Å². The van der Waals surface area contributed by atoms with Crippen molar-refractivity contribution in [1.29, 1.82) is 0 Å². The molecule has 1 atom stereocenters. The minimum absolute atomic E-state index is 0.0197. The molecule has 0 radical (unpaired) electrons. The fraction of sp³-hybridized carbons (Fsp3) is 0.556. The largest absolute Gasteiger partial charge is 0.497 e. The van der Waals surface area contributed by atoms with E-state index in [1.807, 2.05) is 12.1 Å². The number of benzene rings is 1. The lowest BCUT2D eigenvalue weighted by Gasteiger charge is -2.42. The van der Waals surface area contributed by atoms with Gasteiger partial charge in [-0.1, -0.05) is 18.6 Å². The van der Waals surface area contributed by atoms with Crippen LogP contribution in [0, 0.1) is 0 Å². The van der Waals surface area contributed by atoms with Crippen molar-refractivity contribution in [2.75, 3.05) is 27.2 Å². The summed E-state index contributed by atoms with van der Waals surface area (Å²) in [6, 6.07) is 7.82. The van der Waals surface area contributed by atoms with E-state index in [2.05, 4.69) is 22.8 Å². The van der Waals surface area contributed by atoms with Crippen molar-refractivity contribution in [1.82, 2.24) is 15.5 Å². The van der Waals surface area contributed by atoms with E-state index >= 15 is 0 Å². The standard InChI is InChI=1S/C18H25N3O3/c1-21-11-14(10-16(21)22)20-17(23)19-12-18(8-3-9-18)13-4-6-15(24-2)7-5-13/h4-7,14H,3,8-12H2,1-2H3,(H2,19,20,23)/t14-/m0/s1. The molecule has 3 amide bonds. The molecule has 2 N–H and O–H groups in total. The van der Waals surface area contributed by atoms with Gasteiger partial charge in [0.05, 0.1) is 13.2 Å². The lowest BCUT2D eigenvalue weighted by atomic mass is 9.64. The molecule has 1 aromatic carbocycles. The molecule has 6 heteroatoms. The number of urea groups is 1. The van der Waals surface area contributed by atoms with Gasteiger partial charge in [0.15, 0.2) is 0 Å². The van der Waals surface area contributed by atoms with Gasteiger partial charge in [0.25, 0.3) is 0 Å². The zero-order valence-electron chi connectivity index (χ0n) is 14.3. The van der Waals surface area contributed by atoms with Gasteiger partial charge in [-0.25, -0.2) is 4.79 Å². The van der Waals surface area contributed by atoms with E-state index in [0.717, 1.165) is 18.6 Å². The number of carbonyl (C=O) groups is 2. The molecule has 24 heavy (non-hydrogen) atoms. The van der Waals surface area contributed by atoms with Crippen molar-refractivity contribution in [2.45, 2.75) is 37.1 Å². The van der Waals surface area contributed by atoms with Crippen molar-refractivity contribution < 1.29 is 14.3 Å². The number of carbonyl (C=O) groups excluding carboxylic acids is 2. The summed E-state index contributed by atoms with van der Waals surface area (Å²) >= 11 is 0. The molecule has 1 saturated carbocycles. The molecule has 0 unspecified atom stereocenters. The quantitative estimate of drug-likeness (QED) is 0.862. The minimum Gasteiger partial charge on any atom is -0.497 e. The third-order valence-electron chi connectivity index (χ3n) is 5.28. The van der Waals surface area contributed by atoms with Gasteiger partial charge >= 0.3 is 6.03 Å². The molecule has 1 heterocycles. The average molecular weight is 331 g/mol. The van der Waals surface area contributed by atoms with Crippen LogP contribution in [0.25, 0.3) is 0 Å². The van der Waals surface area contributed by atoms with Crippen LogP contribution in [0.4, 0.5) is 4.79 Å². The minimum atomic E-state index is -0.192. The van der Waals surface area contributed by atoms with Gasteiger partial charge in [0.2, 0.25) is 5.91 Å². The second-order valence-corrected chi connectivity index (χ2v) is 6.86. The molecule has 130 valence electrons. The van der Waals surface area contributed by atoms with Crippen LogP contribution in [-0.4, -0.2) is 50.1 Å². The SMILES string of the molecule is COc1ccc(C2(CNC(=O)N[C@H]3CC(=O)N(C)C3)CCC2)cc1. The van der Waals surface area contributed by atoms with E-state index in [0.29, 0.717) is 19.5 Å². The Balaban J connectivity index is 1.55. The summed E-state index contributed by atoms with van der Waals surface area (Å²) in [5.41, 5.74) is 1.26. The van der Waals surface area contributed by atoms with Crippen molar-refractivity contribution >= 4 is 11.9 Å². The molecule has 1 aromatic rings. The molecule has 6 nitrogen and oxygen atoms in total. The fourth-order valence-corrected chi connectivity index (χ4v) is 3.56. The lowest BCUT2D eigenvalue weighted by Crippen LogP contribution is -2.50. The third kappa shape index (κ3) is 3.32. The van der Waals surface area contributed by atoms with E-state index in [-0.39, 0.29) is 23.4 Å². The maximum atomic E-state index is 12.2. The van der Waals surface area contributed by atoms with Crippen LogP contribution in [0.1, 0.15) is 31.2 Å². The van der Waals surface area contributed by atoms with Gasteiger partial charge in [-0.15, -0.1) is 0 Å². The molecule has 2 aliphatic rings. The number of rotatable bonds is 5. The number of methoxy groups -OCH3 is 1. The Morgan fingerprint density at radius 3 is 2.54 bits per heavy atom. The summed E-state index contributed by atoms with van der Waals surface area (Å²) in [5.74, 6) is 0.919. The predicted octanol–water partition coefficient (Wildman–Crippen LogP) is 1.65. The first kappa shape index (κ1) is 16.6. The molecule has 0 aromatic heterocycles. The Kier molecular flexibility index (Phi) is 4.64. The van der Waals surface area contributed by atoms with E-state index in [4.69, 9.17) is 4.74 Å². The summed E-state index contributed by atoms with van der Waals surface area (Å²) in [6.45, 7) is 1.19. The maximum absolute atomic E-state index is 12.2. The number of nitrogens with zero attached hydrogens (tertiary/aromatic N) is 1. The lowest BCUT2D eigenvalue weighted by molar-refractivity contribution is -0.126. The Bertz CT molecular complexity index is 610. The van der Waals surface area contributed by atoms with E-state index in [1.165, 1.54) is 12.0 Å². The van der Waals surface area contributed by atoms with Crippen LogP contribution < -0.4 is 15.4 Å². The molecular formula is C18H25N3O3. The second kappa shape index (κ2) is 6.71. The molecule has 0 spiro atoms. The second-order valence-electron chi connectivity index (χ2n) is 6.86. The number of hydrogen-bond donors (Lipinski definition) is 2. The maximum Gasteiger partial charge on any atom is 0.315 e. The summed E-state index contributed by atoms with van der Waals surface area (Å²) in [4.78, 5) is 25.3. The van der Waals surface area contributed by atoms with E-state index < -0.39 is 0 Å². The highest BCUT2D eigenvalue weighted by Crippen LogP contribution is 2.43. The summed E-state index contributed by atoms with van der Waals surface area (Å²) in [7, 11) is 3.42. The number of likely N-dealkylation sites (tertiary alicyclic amines) is 1. The molecule has 0 bridgehead atoms. The first-order valence-corrected chi connectivity index (χ1v) is 8.45. The van der Waals surface area contributed by atoms with E-state index in [9.17, 15) is 9.59 Å². The van der Waals surface area contributed by atoms with Crippen LogP contribution in [-0.2, 0) is 10.2 Å². The van der Waals surface area contributed by atoms with Crippen molar-refractivity contribution in [3.63, 3.8) is 0 Å². The number of amides is 3. The van der Waals surface area contributed by atoms with Crippen molar-refractivity contribution in [3.8, 4) is 5.75 Å². The van der Waals surface area contributed by atoms with Crippen LogP contribution >= 0.6 is 0 Å². The Labute approximate surface area is 142 Å². The van der Waals surface area contributed by atoms with E-state index in [1.54, 1.807) is 19.1 Å². The van der Waals surface area contributed by atoms with Crippen LogP contribution in [0.15, 0.2) is 24.3 Å². The van der Waals surface area contributed by atoms with Crippen LogP contribution in [0.2, 0.25) is 0 Å². The zero-order valence-corrected chi connectivity index (χ0v) is 14.3. The molecule has 2 fully saturated rings. The summed E-state index contributed by atoms with van der Waals surface area (Å²) in [5, 5.41) is 5.90. The topological polar surface area (TPSA) is 70.7 Å². The smallest absolute Gasteiger partial charge is 0.315 e. The number of hydrogen-bond acceptors (Lipinski definition) is 3. The van der Waals surface area contributed by atoms with Crippen LogP contribution in [0.5, 0.6) is 5.75 Å². The molecule has 1 aliphatic carbocycles. The highest BCUT2D eigenvalue weighted by Gasteiger charge is 2.39. The summed E-state index contributed by atoms with van der Waals surface area (Å²) in [6.07, 6.45) is 3.71. The Morgan fingerprint density at radius 1 is 1.33 bits per heavy atom. The fourth-order valence-electron chi connectivity index (χ4n) is 3.56. The molecule has 1 aliphatic heterocycles. The highest BCUT2D eigenvalue weighted by atomic mass is 16.5. The van der Waals surface area contributed by atoms with Gasteiger partial charge in [-0.3, -0.25) is 4.79 Å². The summed E-state index contributed by atoms with van der Waals surface area (Å²) < 4.78 is 5.21. The van der Waals surface area contributed by atoms with Gasteiger partial charge < -0.3 is 20.3 Å². The molecular weight excluding hydrogens is 306 g/mol. The van der Waals surface area contributed by atoms with Crippen molar-refractivity contribution in [3.05, 3.63) is 29.8 Å². The zero-order chi connectivity index (χ0) is 17.2. The first-order valence-electron chi connectivity index (χ1n) is 8.45.